The summed E-state index contributed by atoms with van der Waals surface area (Å²) in [4.78, 5) is 14.0. The van der Waals surface area contributed by atoms with Crippen molar-refractivity contribution in [2.24, 2.45) is 0 Å². The fraction of sp³-hybridized carbons (Fsp3) is 0.414. The van der Waals surface area contributed by atoms with E-state index in [9.17, 15) is 31.1 Å². The van der Waals surface area contributed by atoms with Crippen LogP contribution >= 0.6 is 11.8 Å². The van der Waals surface area contributed by atoms with Crippen LogP contribution in [0.15, 0.2) is 81.7 Å². The van der Waals surface area contributed by atoms with Crippen LogP contribution in [0.2, 0.25) is 0 Å². The summed E-state index contributed by atoms with van der Waals surface area (Å²) in [6.07, 6.45) is -1.77. The van der Waals surface area contributed by atoms with Gasteiger partial charge in [-0.3, -0.25) is 4.79 Å². The molecule has 0 fully saturated rings. The van der Waals surface area contributed by atoms with Crippen molar-refractivity contribution in [3.63, 3.8) is 0 Å². The summed E-state index contributed by atoms with van der Waals surface area (Å²) in [7, 11) is 0. The van der Waals surface area contributed by atoms with Crippen molar-refractivity contribution in [3.8, 4) is 0 Å². The Morgan fingerprint density at radius 3 is 2.32 bits per heavy atom. The number of amides is 1. The number of hydrogen-bond donors (Lipinski definition) is 1. The van der Waals surface area contributed by atoms with E-state index in [2.05, 4.69) is 11.9 Å². The van der Waals surface area contributed by atoms with E-state index in [-0.39, 0.29) is 12.0 Å². The van der Waals surface area contributed by atoms with Crippen LogP contribution in [-0.2, 0) is 6.18 Å². The van der Waals surface area contributed by atoms with Gasteiger partial charge in [-0.25, -0.2) is 0 Å². The Morgan fingerprint density at radius 2 is 1.82 bits per heavy atom. The zero-order chi connectivity index (χ0) is 29.1. The molecular formula is C29H35F6NOS. The lowest BCUT2D eigenvalue weighted by atomic mass is 10.0. The van der Waals surface area contributed by atoms with E-state index in [1.807, 2.05) is 20.8 Å². The van der Waals surface area contributed by atoms with Gasteiger partial charge in [-0.1, -0.05) is 68.5 Å². The maximum Gasteiger partial charge on any atom is 0.416 e. The van der Waals surface area contributed by atoms with Crippen molar-refractivity contribution >= 4 is 17.7 Å². The predicted octanol–water partition coefficient (Wildman–Crippen LogP) is 9.94. The summed E-state index contributed by atoms with van der Waals surface area (Å²) in [5, 5.41) is 2.70. The average molecular weight is 560 g/mol. The minimum atomic E-state index is -4.59. The fourth-order valence-electron chi connectivity index (χ4n) is 3.42. The van der Waals surface area contributed by atoms with Gasteiger partial charge in [0.2, 0.25) is 0 Å². The summed E-state index contributed by atoms with van der Waals surface area (Å²) in [6.45, 7) is 12.6. The van der Waals surface area contributed by atoms with E-state index < -0.39 is 35.4 Å². The zero-order valence-electron chi connectivity index (χ0n) is 22.3. The Bertz CT molecular complexity index is 1090. The number of allylic oxidation sites excluding steroid dienone is 7. The second-order valence-electron chi connectivity index (χ2n) is 8.66. The maximum absolute atomic E-state index is 13.8. The van der Waals surface area contributed by atoms with Gasteiger partial charge in [0.15, 0.2) is 0 Å². The minimum Gasteiger partial charge on any atom is -0.345 e. The van der Waals surface area contributed by atoms with E-state index in [0.29, 0.717) is 34.6 Å². The lowest BCUT2D eigenvalue weighted by Crippen LogP contribution is -2.33. The predicted molar refractivity (Wildman–Crippen MR) is 145 cm³/mol. The van der Waals surface area contributed by atoms with Crippen LogP contribution < -0.4 is 5.32 Å². The van der Waals surface area contributed by atoms with Crippen molar-refractivity contribution in [2.45, 2.75) is 78.7 Å². The molecule has 0 aliphatic rings. The number of carbonyl (C=O) groups is 1. The summed E-state index contributed by atoms with van der Waals surface area (Å²) in [5.41, 5.74) is -0.525. The maximum atomic E-state index is 13.8. The number of rotatable bonds is 12. The van der Waals surface area contributed by atoms with Crippen molar-refractivity contribution < 1.29 is 31.1 Å². The molecule has 0 aromatic heterocycles. The van der Waals surface area contributed by atoms with Gasteiger partial charge in [-0.2, -0.15) is 26.3 Å². The Balaban J connectivity index is 3.35. The molecule has 0 spiro atoms. The first-order chi connectivity index (χ1) is 17.7. The number of halogens is 6. The number of thioether (sulfide) groups is 1. The highest BCUT2D eigenvalue weighted by Crippen LogP contribution is 2.39. The third-order valence-electron chi connectivity index (χ3n) is 5.70. The van der Waals surface area contributed by atoms with Crippen molar-refractivity contribution in [1.82, 2.24) is 5.32 Å². The standard InChI is InChI=1S/C29H35F6NOS/c1-7-11-15-23(28(30,31)32)17-21(13-8-2)26(19(5)9-3)38-25(10-4)20(6)36-27(37)22-14-12-16-24(18-22)29(33,34)35/h8,10,12-14,16-18,20H,2,7,9,11,15H2,1,3-6H3,(H,36,37)/b21-13+,23-17+,25-10-,26-19?. The first-order valence-corrected chi connectivity index (χ1v) is 13.1. The second-order valence-corrected chi connectivity index (χ2v) is 9.74. The van der Waals surface area contributed by atoms with Crippen LogP contribution in [0.25, 0.3) is 0 Å². The topological polar surface area (TPSA) is 29.1 Å². The second kappa shape index (κ2) is 15.0. The molecule has 0 saturated heterocycles. The van der Waals surface area contributed by atoms with Gasteiger partial charge in [0, 0.05) is 20.9 Å². The molecule has 1 aromatic carbocycles. The molecule has 1 N–H and O–H groups in total. The van der Waals surface area contributed by atoms with Gasteiger partial charge in [-0.05, 0) is 69.9 Å². The summed E-state index contributed by atoms with van der Waals surface area (Å²) >= 11 is 1.22. The molecule has 1 aromatic rings. The highest BCUT2D eigenvalue weighted by Gasteiger charge is 2.33. The molecule has 1 unspecified atom stereocenters. The van der Waals surface area contributed by atoms with E-state index in [4.69, 9.17) is 0 Å². The normalized spacial score (nSPS) is 15.2. The molecule has 0 bridgehead atoms. The van der Waals surface area contributed by atoms with Crippen LogP contribution in [0.4, 0.5) is 26.3 Å². The molecule has 0 aliphatic carbocycles. The molecule has 1 atom stereocenters. The monoisotopic (exact) mass is 559 g/mol. The number of nitrogens with one attached hydrogen (secondary N) is 1. The van der Waals surface area contributed by atoms with Gasteiger partial charge < -0.3 is 5.32 Å². The third-order valence-corrected chi connectivity index (χ3v) is 7.32. The van der Waals surface area contributed by atoms with Crippen molar-refractivity contribution in [3.05, 3.63) is 92.8 Å². The Kier molecular flexibility index (Phi) is 13.2. The van der Waals surface area contributed by atoms with E-state index in [0.717, 1.165) is 29.8 Å². The van der Waals surface area contributed by atoms with E-state index >= 15 is 0 Å². The third kappa shape index (κ3) is 10.2. The van der Waals surface area contributed by atoms with Gasteiger partial charge >= 0.3 is 12.4 Å². The van der Waals surface area contributed by atoms with Crippen LogP contribution in [0.3, 0.4) is 0 Å². The highest BCUT2D eigenvalue weighted by molar-refractivity contribution is 8.07. The largest absolute Gasteiger partial charge is 0.416 e. The molecule has 0 saturated carbocycles. The summed E-state index contributed by atoms with van der Waals surface area (Å²) in [6, 6.07) is 3.49. The molecule has 1 amide bonds. The zero-order valence-corrected chi connectivity index (χ0v) is 23.1. The van der Waals surface area contributed by atoms with Gasteiger partial charge in [0.1, 0.15) is 0 Å². The first kappa shape index (κ1) is 33.3. The number of benzene rings is 1. The molecule has 1 rings (SSSR count). The van der Waals surface area contributed by atoms with Crippen LogP contribution in [0, 0.1) is 0 Å². The molecule has 0 aliphatic heterocycles. The lowest BCUT2D eigenvalue weighted by molar-refractivity contribution is -0.137. The summed E-state index contributed by atoms with van der Waals surface area (Å²) < 4.78 is 80.5. The van der Waals surface area contributed by atoms with E-state index in [1.54, 1.807) is 19.9 Å². The molecule has 9 heteroatoms. The summed E-state index contributed by atoms with van der Waals surface area (Å²) in [5.74, 6) is -0.693. The highest BCUT2D eigenvalue weighted by atomic mass is 32.2. The van der Waals surface area contributed by atoms with Crippen LogP contribution in [0.5, 0.6) is 0 Å². The molecule has 2 nitrogen and oxygen atoms in total. The van der Waals surface area contributed by atoms with Gasteiger partial charge in [0.05, 0.1) is 11.6 Å². The number of unbranched alkanes of at least 4 members (excludes halogenated alkanes) is 1. The smallest absolute Gasteiger partial charge is 0.345 e. The van der Waals surface area contributed by atoms with Crippen molar-refractivity contribution in [1.29, 1.82) is 0 Å². The fourth-order valence-corrected chi connectivity index (χ4v) is 4.58. The quantitative estimate of drug-likeness (QED) is 0.204. The van der Waals surface area contributed by atoms with Gasteiger partial charge in [-0.15, -0.1) is 0 Å². The average Bonchev–Trinajstić information content (AvgIpc) is 2.85. The number of alkyl halides is 6. The molecule has 0 heterocycles. The van der Waals surface area contributed by atoms with Crippen LogP contribution in [-0.4, -0.2) is 18.1 Å². The Hall–Kier alpha value is -2.68. The van der Waals surface area contributed by atoms with Gasteiger partial charge in [0.25, 0.3) is 5.91 Å². The minimum absolute atomic E-state index is 0.114. The number of carbonyl (C=O) groups excluding carboxylic acids is 1. The molecule has 0 radical (unpaired) electrons. The molecule has 210 valence electrons. The molecular weight excluding hydrogens is 524 g/mol. The van der Waals surface area contributed by atoms with Crippen LogP contribution in [0.1, 0.15) is 76.2 Å². The SMILES string of the molecule is C=C/C=C(\C=C(/CCCC)C(F)(F)F)C(S/C(=C\C)C(C)NC(=O)c1cccc(C(F)(F)F)c1)=C(C)CC. The number of hydrogen-bond acceptors (Lipinski definition) is 2. The lowest BCUT2D eigenvalue weighted by Gasteiger charge is -2.21. The Morgan fingerprint density at radius 1 is 1.16 bits per heavy atom. The Labute approximate surface area is 225 Å². The molecule has 38 heavy (non-hydrogen) atoms. The van der Waals surface area contributed by atoms with Crippen molar-refractivity contribution in [2.75, 3.05) is 0 Å². The van der Waals surface area contributed by atoms with E-state index in [1.165, 1.54) is 30.0 Å². The first-order valence-electron chi connectivity index (χ1n) is 12.3.